The van der Waals surface area contributed by atoms with E-state index in [4.69, 9.17) is 14.3 Å². The second kappa shape index (κ2) is 6.14. The molecule has 0 saturated heterocycles. The molecular weight excluding hydrogens is 232 g/mol. The van der Waals surface area contributed by atoms with Crippen molar-refractivity contribution in [2.24, 2.45) is 0 Å². The van der Waals surface area contributed by atoms with Crippen molar-refractivity contribution in [1.82, 2.24) is 0 Å². The van der Waals surface area contributed by atoms with Crippen LogP contribution in [0.15, 0.2) is 41.0 Å². The van der Waals surface area contributed by atoms with Gasteiger partial charge in [-0.2, -0.15) is 0 Å². The van der Waals surface area contributed by atoms with Crippen molar-refractivity contribution >= 4 is 6.29 Å². The standard InChI is InChI=1S/C14H14O4/c15-6-12-9-18-14(7-16)13(12)10-17-8-11-4-2-1-3-5-11/h1-5,7,9,15H,6,8,10H2. The Balaban J connectivity index is 1.97. The minimum absolute atomic E-state index is 0.165. The molecular formula is C14H14O4. The molecule has 94 valence electrons. The number of benzene rings is 1. The molecule has 0 aliphatic rings. The van der Waals surface area contributed by atoms with Gasteiger partial charge in [0.25, 0.3) is 0 Å². The van der Waals surface area contributed by atoms with Crippen LogP contribution in [0.2, 0.25) is 0 Å². The Morgan fingerprint density at radius 2 is 2.00 bits per heavy atom. The molecule has 0 aliphatic heterocycles. The summed E-state index contributed by atoms with van der Waals surface area (Å²) in [6.07, 6.45) is 2.01. The van der Waals surface area contributed by atoms with Crippen LogP contribution in [0.25, 0.3) is 0 Å². The summed E-state index contributed by atoms with van der Waals surface area (Å²) in [7, 11) is 0. The van der Waals surface area contributed by atoms with Crippen LogP contribution in [0.5, 0.6) is 0 Å². The number of hydrogen-bond acceptors (Lipinski definition) is 4. The molecule has 0 aliphatic carbocycles. The van der Waals surface area contributed by atoms with Gasteiger partial charge >= 0.3 is 0 Å². The van der Waals surface area contributed by atoms with E-state index in [0.29, 0.717) is 24.0 Å². The summed E-state index contributed by atoms with van der Waals surface area (Å²) in [5, 5.41) is 9.11. The first-order valence-electron chi connectivity index (χ1n) is 5.62. The van der Waals surface area contributed by atoms with Gasteiger partial charge in [-0.15, -0.1) is 0 Å². The van der Waals surface area contributed by atoms with Gasteiger partial charge in [-0.25, -0.2) is 0 Å². The molecule has 0 radical (unpaired) electrons. The highest BCUT2D eigenvalue weighted by molar-refractivity contribution is 5.73. The third-order valence-electron chi connectivity index (χ3n) is 2.65. The molecule has 4 heteroatoms. The summed E-state index contributed by atoms with van der Waals surface area (Å²) in [4.78, 5) is 10.8. The molecule has 1 aromatic heterocycles. The van der Waals surface area contributed by atoms with Gasteiger partial charge in [0.2, 0.25) is 0 Å². The van der Waals surface area contributed by atoms with E-state index in [1.807, 2.05) is 30.3 Å². The summed E-state index contributed by atoms with van der Waals surface area (Å²) < 4.78 is 10.5. The van der Waals surface area contributed by atoms with E-state index in [-0.39, 0.29) is 19.0 Å². The van der Waals surface area contributed by atoms with Crippen molar-refractivity contribution in [3.63, 3.8) is 0 Å². The first-order valence-corrected chi connectivity index (χ1v) is 5.62. The molecule has 2 rings (SSSR count). The topological polar surface area (TPSA) is 59.7 Å². The molecule has 0 unspecified atom stereocenters. The Morgan fingerprint density at radius 3 is 2.67 bits per heavy atom. The largest absolute Gasteiger partial charge is 0.461 e. The SMILES string of the molecule is O=Cc1occ(CO)c1COCc1ccccc1. The van der Waals surface area contributed by atoms with Gasteiger partial charge in [0.1, 0.15) is 0 Å². The molecule has 1 heterocycles. The Bertz CT molecular complexity index is 502. The van der Waals surface area contributed by atoms with Crippen molar-refractivity contribution < 1.29 is 19.1 Å². The molecule has 0 saturated carbocycles. The first kappa shape index (κ1) is 12.5. The smallest absolute Gasteiger partial charge is 0.185 e. The fraction of sp³-hybridized carbons (Fsp3) is 0.214. The lowest BCUT2D eigenvalue weighted by Crippen LogP contribution is -1.98. The lowest BCUT2D eigenvalue weighted by molar-refractivity contribution is 0.101. The molecule has 4 nitrogen and oxygen atoms in total. The molecule has 0 spiro atoms. The van der Waals surface area contributed by atoms with E-state index in [0.717, 1.165) is 5.56 Å². The quantitative estimate of drug-likeness (QED) is 0.794. The summed E-state index contributed by atoms with van der Waals surface area (Å²) in [6.45, 7) is 0.534. The zero-order chi connectivity index (χ0) is 12.8. The van der Waals surface area contributed by atoms with Crippen molar-refractivity contribution in [3.05, 3.63) is 59.0 Å². The fourth-order valence-corrected chi connectivity index (χ4v) is 1.68. The highest BCUT2D eigenvalue weighted by Gasteiger charge is 2.12. The predicted octanol–water partition coefficient (Wildman–Crippen LogP) is 2.30. The highest BCUT2D eigenvalue weighted by Crippen LogP contribution is 2.17. The van der Waals surface area contributed by atoms with E-state index in [9.17, 15) is 4.79 Å². The minimum atomic E-state index is -0.165. The molecule has 0 amide bonds. The molecule has 0 bridgehead atoms. The summed E-state index contributed by atoms with van der Waals surface area (Å²) in [5.41, 5.74) is 2.26. The third kappa shape index (κ3) is 2.85. The summed E-state index contributed by atoms with van der Waals surface area (Å²) in [5.74, 6) is 0.215. The minimum Gasteiger partial charge on any atom is -0.461 e. The average Bonchev–Trinajstić information content (AvgIpc) is 2.82. The van der Waals surface area contributed by atoms with Crippen LogP contribution in [0, 0.1) is 0 Å². The number of aliphatic hydroxyl groups excluding tert-OH is 1. The molecule has 0 atom stereocenters. The monoisotopic (exact) mass is 246 g/mol. The fourth-order valence-electron chi connectivity index (χ4n) is 1.68. The van der Waals surface area contributed by atoms with Crippen molar-refractivity contribution in [1.29, 1.82) is 0 Å². The van der Waals surface area contributed by atoms with E-state index < -0.39 is 0 Å². The summed E-state index contributed by atoms with van der Waals surface area (Å²) in [6, 6.07) is 9.74. The predicted molar refractivity (Wildman–Crippen MR) is 65.0 cm³/mol. The van der Waals surface area contributed by atoms with Crippen molar-refractivity contribution in [2.75, 3.05) is 0 Å². The number of carbonyl (C=O) groups is 1. The van der Waals surface area contributed by atoms with Crippen LogP contribution in [0.1, 0.15) is 27.2 Å². The number of carbonyl (C=O) groups excluding carboxylic acids is 1. The lowest BCUT2D eigenvalue weighted by atomic mass is 10.1. The zero-order valence-corrected chi connectivity index (χ0v) is 9.83. The Kier molecular flexibility index (Phi) is 4.28. The number of furan rings is 1. The molecule has 1 N–H and O–H groups in total. The van der Waals surface area contributed by atoms with E-state index in [1.54, 1.807) is 0 Å². The Labute approximate surface area is 105 Å². The van der Waals surface area contributed by atoms with Crippen LogP contribution in [0.4, 0.5) is 0 Å². The maximum absolute atomic E-state index is 10.8. The van der Waals surface area contributed by atoms with E-state index in [1.165, 1.54) is 6.26 Å². The van der Waals surface area contributed by atoms with Gasteiger partial charge < -0.3 is 14.3 Å². The van der Waals surface area contributed by atoms with Crippen LogP contribution >= 0.6 is 0 Å². The zero-order valence-electron chi connectivity index (χ0n) is 9.83. The molecule has 0 fully saturated rings. The Morgan fingerprint density at radius 1 is 1.22 bits per heavy atom. The van der Waals surface area contributed by atoms with Gasteiger partial charge in [-0.1, -0.05) is 30.3 Å². The number of aldehydes is 1. The van der Waals surface area contributed by atoms with Crippen LogP contribution in [0.3, 0.4) is 0 Å². The number of aliphatic hydroxyl groups is 1. The van der Waals surface area contributed by atoms with E-state index >= 15 is 0 Å². The van der Waals surface area contributed by atoms with E-state index in [2.05, 4.69) is 0 Å². The summed E-state index contributed by atoms with van der Waals surface area (Å²) >= 11 is 0. The van der Waals surface area contributed by atoms with Crippen LogP contribution in [-0.2, 0) is 24.6 Å². The second-order valence-electron chi connectivity index (χ2n) is 3.86. The molecule has 18 heavy (non-hydrogen) atoms. The number of rotatable bonds is 6. The van der Waals surface area contributed by atoms with Gasteiger partial charge in [-0.05, 0) is 5.56 Å². The first-order chi connectivity index (χ1) is 8.85. The third-order valence-corrected chi connectivity index (χ3v) is 2.65. The number of ether oxygens (including phenoxy) is 1. The average molecular weight is 246 g/mol. The van der Waals surface area contributed by atoms with Gasteiger partial charge in [-0.3, -0.25) is 4.79 Å². The second-order valence-corrected chi connectivity index (χ2v) is 3.86. The van der Waals surface area contributed by atoms with Crippen LogP contribution < -0.4 is 0 Å². The van der Waals surface area contributed by atoms with Crippen LogP contribution in [-0.4, -0.2) is 11.4 Å². The van der Waals surface area contributed by atoms with Gasteiger partial charge in [0, 0.05) is 11.1 Å². The normalized spacial score (nSPS) is 10.5. The number of hydrogen-bond donors (Lipinski definition) is 1. The molecule has 2 aromatic rings. The molecule has 1 aromatic carbocycles. The maximum atomic E-state index is 10.8. The van der Waals surface area contributed by atoms with Crippen molar-refractivity contribution in [2.45, 2.75) is 19.8 Å². The Hall–Kier alpha value is -1.91. The van der Waals surface area contributed by atoms with Gasteiger partial charge in [0.15, 0.2) is 12.0 Å². The maximum Gasteiger partial charge on any atom is 0.185 e. The van der Waals surface area contributed by atoms with Gasteiger partial charge in [0.05, 0.1) is 26.1 Å². The van der Waals surface area contributed by atoms with Crippen molar-refractivity contribution in [3.8, 4) is 0 Å². The lowest BCUT2D eigenvalue weighted by Gasteiger charge is -2.04. The highest BCUT2D eigenvalue weighted by atomic mass is 16.5.